The number of carbonyl (C=O) groups is 1. The summed E-state index contributed by atoms with van der Waals surface area (Å²) in [4.78, 5) is 11.7. The third kappa shape index (κ3) is 4.51. The highest BCUT2D eigenvalue weighted by molar-refractivity contribution is 7.91. The van der Waals surface area contributed by atoms with Gasteiger partial charge in [-0.25, -0.2) is 8.42 Å². The Morgan fingerprint density at radius 1 is 1.32 bits per heavy atom. The fraction of sp³-hybridized carbons (Fsp3) is 0.462. The summed E-state index contributed by atoms with van der Waals surface area (Å²) in [5.41, 5.74) is 0.969. The van der Waals surface area contributed by atoms with Crippen LogP contribution in [0.5, 0.6) is 0 Å². The second-order valence-electron chi connectivity index (χ2n) is 4.88. The van der Waals surface area contributed by atoms with Crippen molar-refractivity contribution in [3.05, 3.63) is 34.9 Å². The van der Waals surface area contributed by atoms with Gasteiger partial charge in [0.1, 0.15) is 0 Å². The van der Waals surface area contributed by atoms with E-state index >= 15 is 0 Å². The lowest BCUT2D eigenvalue weighted by molar-refractivity contribution is -0.122. The maximum absolute atomic E-state index is 11.7. The van der Waals surface area contributed by atoms with Crippen LogP contribution in [0.3, 0.4) is 0 Å². The second kappa shape index (κ2) is 5.92. The second-order valence-corrected chi connectivity index (χ2v) is 7.54. The maximum atomic E-state index is 11.7. The summed E-state index contributed by atoms with van der Waals surface area (Å²) in [6, 6.07) is 7.24. The first-order valence-electron chi connectivity index (χ1n) is 6.16. The van der Waals surface area contributed by atoms with E-state index in [2.05, 4.69) is 5.32 Å². The van der Waals surface area contributed by atoms with Crippen molar-refractivity contribution in [2.45, 2.75) is 19.4 Å². The Labute approximate surface area is 118 Å². The lowest BCUT2D eigenvalue weighted by Gasteiger charge is -2.08. The van der Waals surface area contributed by atoms with E-state index in [1.807, 2.05) is 12.1 Å². The number of hydrogen-bond acceptors (Lipinski definition) is 3. The monoisotopic (exact) mass is 301 g/mol. The highest BCUT2D eigenvalue weighted by Crippen LogP contribution is 2.21. The van der Waals surface area contributed by atoms with Crippen molar-refractivity contribution in [1.29, 1.82) is 0 Å². The number of halogens is 1. The van der Waals surface area contributed by atoms with E-state index in [0.29, 0.717) is 18.0 Å². The van der Waals surface area contributed by atoms with Crippen molar-refractivity contribution in [3.63, 3.8) is 0 Å². The molecule has 1 aromatic carbocycles. The van der Waals surface area contributed by atoms with Gasteiger partial charge in [-0.05, 0) is 30.0 Å². The van der Waals surface area contributed by atoms with E-state index in [4.69, 9.17) is 11.6 Å². The summed E-state index contributed by atoms with van der Waals surface area (Å²) in [5, 5.41) is 3.45. The average molecular weight is 302 g/mol. The number of nitrogens with one attached hydrogen (secondary N) is 1. The molecule has 0 unspecified atom stereocenters. The Bertz CT molecular complexity index is 554. The van der Waals surface area contributed by atoms with Gasteiger partial charge in [0.05, 0.1) is 11.5 Å². The molecule has 0 saturated carbocycles. The summed E-state index contributed by atoms with van der Waals surface area (Å²) >= 11 is 5.77. The van der Waals surface area contributed by atoms with Crippen molar-refractivity contribution in [2.24, 2.45) is 5.92 Å². The minimum atomic E-state index is -2.91. The molecule has 1 heterocycles. The van der Waals surface area contributed by atoms with Crippen LogP contribution >= 0.6 is 11.6 Å². The fourth-order valence-electron chi connectivity index (χ4n) is 2.17. The minimum Gasteiger partial charge on any atom is -0.352 e. The quantitative estimate of drug-likeness (QED) is 0.922. The smallest absolute Gasteiger partial charge is 0.220 e. The lowest BCUT2D eigenvalue weighted by Crippen LogP contribution is -2.25. The molecule has 1 aromatic rings. The van der Waals surface area contributed by atoms with Crippen LogP contribution in [0.1, 0.15) is 18.4 Å². The van der Waals surface area contributed by atoms with Crippen molar-refractivity contribution >= 4 is 27.3 Å². The topological polar surface area (TPSA) is 63.2 Å². The molecule has 1 N–H and O–H groups in total. The molecule has 6 heteroatoms. The highest BCUT2D eigenvalue weighted by atomic mass is 35.5. The largest absolute Gasteiger partial charge is 0.352 e. The van der Waals surface area contributed by atoms with Crippen LogP contribution in [0.25, 0.3) is 0 Å². The van der Waals surface area contributed by atoms with Gasteiger partial charge in [-0.1, -0.05) is 23.7 Å². The van der Waals surface area contributed by atoms with Crippen molar-refractivity contribution in [1.82, 2.24) is 5.32 Å². The first kappa shape index (κ1) is 14.3. The molecule has 1 aliphatic heterocycles. The van der Waals surface area contributed by atoms with Crippen molar-refractivity contribution in [2.75, 3.05) is 11.5 Å². The van der Waals surface area contributed by atoms with Gasteiger partial charge in [0, 0.05) is 18.0 Å². The summed E-state index contributed by atoms with van der Waals surface area (Å²) in [6.45, 7) is 0.440. The van der Waals surface area contributed by atoms with Gasteiger partial charge in [-0.3, -0.25) is 4.79 Å². The van der Waals surface area contributed by atoms with E-state index in [1.165, 1.54) is 0 Å². The molecule has 19 heavy (non-hydrogen) atoms. The first-order valence-corrected chi connectivity index (χ1v) is 8.36. The van der Waals surface area contributed by atoms with Crippen LogP contribution in [-0.4, -0.2) is 25.8 Å². The molecule has 104 valence electrons. The number of rotatable bonds is 4. The fourth-order valence-corrected chi connectivity index (χ4v) is 4.16. The predicted molar refractivity (Wildman–Crippen MR) is 74.7 cm³/mol. The van der Waals surface area contributed by atoms with E-state index in [1.54, 1.807) is 12.1 Å². The Balaban J connectivity index is 1.77. The molecule has 1 amide bonds. The third-order valence-electron chi connectivity index (χ3n) is 3.20. The molecule has 1 saturated heterocycles. The standard InChI is InChI=1S/C13H16ClNO3S/c14-12-3-1-10(2-4-12)8-15-13(16)7-11-5-6-19(17,18)9-11/h1-4,11H,5-9H2,(H,15,16)/t11-/m1/s1. The molecule has 0 bridgehead atoms. The van der Waals surface area contributed by atoms with Crippen molar-refractivity contribution < 1.29 is 13.2 Å². The molecular formula is C13H16ClNO3S. The maximum Gasteiger partial charge on any atom is 0.220 e. The summed E-state index contributed by atoms with van der Waals surface area (Å²) in [7, 11) is -2.91. The normalized spacial score (nSPS) is 21.2. The average Bonchev–Trinajstić information content (AvgIpc) is 2.68. The molecule has 1 atom stereocenters. The number of carbonyl (C=O) groups excluding carboxylic acids is 1. The molecule has 1 fully saturated rings. The zero-order valence-electron chi connectivity index (χ0n) is 10.4. The lowest BCUT2D eigenvalue weighted by atomic mass is 10.1. The summed E-state index contributed by atoms with van der Waals surface area (Å²) in [5.74, 6) is 0.219. The van der Waals surface area contributed by atoms with Gasteiger partial charge >= 0.3 is 0 Å². The zero-order chi connectivity index (χ0) is 13.9. The molecule has 0 aliphatic carbocycles. The minimum absolute atomic E-state index is 0.0322. The molecule has 2 rings (SSSR count). The third-order valence-corrected chi connectivity index (χ3v) is 5.29. The van der Waals surface area contributed by atoms with Gasteiger partial charge < -0.3 is 5.32 Å². The predicted octanol–water partition coefficient (Wildman–Crippen LogP) is 1.78. The molecule has 0 radical (unpaired) electrons. The van der Waals surface area contributed by atoms with Crippen molar-refractivity contribution in [3.8, 4) is 0 Å². The van der Waals surface area contributed by atoms with Crippen LogP contribution in [0, 0.1) is 5.92 Å². The molecule has 0 spiro atoms. The van der Waals surface area contributed by atoms with E-state index in [9.17, 15) is 13.2 Å². The Morgan fingerprint density at radius 2 is 2.00 bits per heavy atom. The van der Waals surface area contributed by atoms with Crippen LogP contribution in [-0.2, 0) is 21.2 Å². The highest BCUT2D eigenvalue weighted by Gasteiger charge is 2.29. The molecular weight excluding hydrogens is 286 g/mol. The van der Waals surface area contributed by atoms with E-state index < -0.39 is 9.84 Å². The van der Waals surface area contributed by atoms with E-state index in [0.717, 1.165) is 5.56 Å². The van der Waals surface area contributed by atoms with Gasteiger partial charge in [0.15, 0.2) is 9.84 Å². The van der Waals surface area contributed by atoms with Gasteiger partial charge in [0.25, 0.3) is 0 Å². The molecule has 4 nitrogen and oxygen atoms in total. The number of sulfone groups is 1. The Hall–Kier alpha value is -1.07. The summed E-state index contributed by atoms with van der Waals surface area (Å²) in [6.07, 6.45) is 0.878. The van der Waals surface area contributed by atoms with Crippen LogP contribution in [0.4, 0.5) is 0 Å². The number of benzene rings is 1. The molecule has 0 aromatic heterocycles. The SMILES string of the molecule is O=C(C[C@H]1CCS(=O)(=O)C1)NCc1ccc(Cl)cc1. The van der Waals surface area contributed by atoms with Crippen LogP contribution in [0.15, 0.2) is 24.3 Å². The number of amides is 1. The Morgan fingerprint density at radius 3 is 2.58 bits per heavy atom. The number of hydrogen-bond donors (Lipinski definition) is 1. The summed E-state index contributed by atoms with van der Waals surface area (Å²) < 4.78 is 22.6. The Kier molecular flexibility index (Phi) is 4.47. The van der Waals surface area contributed by atoms with E-state index in [-0.39, 0.29) is 29.8 Å². The van der Waals surface area contributed by atoms with Gasteiger partial charge in [0.2, 0.25) is 5.91 Å². The van der Waals surface area contributed by atoms with Crippen LogP contribution < -0.4 is 5.32 Å². The zero-order valence-corrected chi connectivity index (χ0v) is 12.0. The van der Waals surface area contributed by atoms with Gasteiger partial charge in [-0.2, -0.15) is 0 Å². The van der Waals surface area contributed by atoms with Gasteiger partial charge in [-0.15, -0.1) is 0 Å². The van der Waals surface area contributed by atoms with Crippen LogP contribution in [0.2, 0.25) is 5.02 Å². The first-order chi connectivity index (χ1) is 8.94. The molecule has 1 aliphatic rings.